The van der Waals surface area contributed by atoms with Crippen LogP contribution in [0.15, 0.2) is 47.4 Å². The molecule has 7 nitrogen and oxygen atoms in total. The van der Waals surface area contributed by atoms with E-state index in [0.29, 0.717) is 10.7 Å². The summed E-state index contributed by atoms with van der Waals surface area (Å²) in [5, 5.41) is 8.56. The van der Waals surface area contributed by atoms with Gasteiger partial charge in [0.15, 0.2) is 0 Å². The highest BCUT2D eigenvalue weighted by Crippen LogP contribution is 2.29. The molecule has 0 saturated carbocycles. The maximum absolute atomic E-state index is 11.5. The fourth-order valence-electron chi connectivity index (χ4n) is 1.78. The average Bonchev–Trinajstić information content (AvgIpc) is 2.40. The van der Waals surface area contributed by atoms with Crippen molar-refractivity contribution >= 4 is 48.7 Å². The standard InChI is InChI=1S/C13H14ClN3O4S2/c1-22(18,19)17-12-7-6-11(23(15,20)21)8-13(12)16-10-4-2-9(14)3-5-10/h2-8,16-17H,1H3,(H2,15,20,21). The van der Waals surface area contributed by atoms with E-state index in [1.807, 2.05) is 0 Å². The Balaban J connectivity index is 2.49. The summed E-state index contributed by atoms with van der Waals surface area (Å²) in [7, 11) is -7.46. The number of primary sulfonamides is 1. The monoisotopic (exact) mass is 375 g/mol. The molecule has 0 saturated heterocycles. The normalized spacial score (nSPS) is 12.0. The number of nitrogens with two attached hydrogens (primary N) is 1. The molecule has 0 spiro atoms. The number of nitrogens with one attached hydrogen (secondary N) is 2. The number of hydrogen-bond donors (Lipinski definition) is 3. The number of rotatable bonds is 5. The van der Waals surface area contributed by atoms with Crippen molar-refractivity contribution in [2.24, 2.45) is 5.14 Å². The lowest BCUT2D eigenvalue weighted by molar-refractivity contribution is 0.597. The van der Waals surface area contributed by atoms with Gasteiger partial charge in [0.2, 0.25) is 20.0 Å². The van der Waals surface area contributed by atoms with Crippen LogP contribution in [0.5, 0.6) is 0 Å². The van der Waals surface area contributed by atoms with Crippen molar-refractivity contribution < 1.29 is 16.8 Å². The Morgan fingerprint density at radius 2 is 1.57 bits per heavy atom. The highest BCUT2D eigenvalue weighted by Gasteiger charge is 2.14. The van der Waals surface area contributed by atoms with Crippen molar-refractivity contribution in [3.8, 4) is 0 Å². The van der Waals surface area contributed by atoms with Gasteiger partial charge in [-0.2, -0.15) is 0 Å². The van der Waals surface area contributed by atoms with Gasteiger partial charge in [-0.3, -0.25) is 4.72 Å². The lowest BCUT2D eigenvalue weighted by Crippen LogP contribution is -2.14. The number of halogens is 1. The third kappa shape index (κ3) is 5.10. The van der Waals surface area contributed by atoms with Crippen LogP contribution < -0.4 is 15.2 Å². The lowest BCUT2D eigenvalue weighted by Gasteiger charge is -2.14. The molecular formula is C13H14ClN3O4S2. The van der Waals surface area contributed by atoms with Gasteiger partial charge in [0.25, 0.3) is 0 Å². The highest BCUT2D eigenvalue weighted by molar-refractivity contribution is 7.92. The highest BCUT2D eigenvalue weighted by atomic mass is 35.5. The van der Waals surface area contributed by atoms with E-state index in [4.69, 9.17) is 16.7 Å². The van der Waals surface area contributed by atoms with E-state index in [1.165, 1.54) is 18.2 Å². The molecule has 0 amide bonds. The molecule has 0 fully saturated rings. The summed E-state index contributed by atoms with van der Waals surface area (Å²) < 4.78 is 48.1. The van der Waals surface area contributed by atoms with Crippen molar-refractivity contribution in [3.63, 3.8) is 0 Å². The van der Waals surface area contributed by atoms with E-state index in [2.05, 4.69) is 10.0 Å². The van der Waals surface area contributed by atoms with Gasteiger partial charge in [0.1, 0.15) is 0 Å². The second-order valence-corrected chi connectivity index (χ2v) is 8.50. The quantitative estimate of drug-likeness (QED) is 0.739. The molecule has 0 aliphatic heterocycles. The molecule has 0 aliphatic rings. The fourth-order valence-corrected chi connectivity index (χ4v) is 3.02. The van der Waals surface area contributed by atoms with Gasteiger partial charge in [-0.25, -0.2) is 22.0 Å². The van der Waals surface area contributed by atoms with Crippen molar-refractivity contribution in [1.82, 2.24) is 0 Å². The first kappa shape index (κ1) is 17.5. The minimum atomic E-state index is -3.92. The van der Waals surface area contributed by atoms with Crippen molar-refractivity contribution in [2.75, 3.05) is 16.3 Å². The van der Waals surface area contributed by atoms with Crippen LogP contribution in [-0.2, 0) is 20.0 Å². The molecule has 0 aromatic heterocycles. The second-order valence-electron chi connectivity index (χ2n) is 4.76. The lowest BCUT2D eigenvalue weighted by atomic mass is 10.2. The second kappa shape index (κ2) is 6.36. The zero-order valence-corrected chi connectivity index (χ0v) is 14.3. The summed E-state index contributed by atoms with van der Waals surface area (Å²) in [5.74, 6) is 0. The van der Waals surface area contributed by atoms with Crippen LogP contribution in [0.4, 0.5) is 17.1 Å². The van der Waals surface area contributed by atoms with Gasteiger partial charge in [-0.15, -0.1) is 0 Å². The van der Waals surface area contributed by atoms with E-state index >= 15 is 0 Å². The first-order chi connectivity index (χ1) is 10.5. The number of anilines is 3. The van der Waals surface area contributed by atoms with E-state index in [1.54, 1.807) is 24.3 Å². The summed E-state index contributed by atoms with van der Waals surface area (Å²) >= 11 is 5.80. The van der Waals surface area contributed by atoms with Crippen molar-refractivity contribution in [1.29, 1.82) is 0 Å². The molecule has 0 atom stereocenters. The molecule has 124 valence electrons. The zero-order chi connectivity index (χ0) is 17.3. The molecule has 0 aliphatic carbocycles. The summed E-state index contributed by atoms with van der Waals surface area (Å²) in [6.07, 6.45) is 0.993. The molecule has 2 aromatic rings. The van der Waals surface area contributed by atoms with Gasteiger partial charge in [-0.1, -0.05) is 11.6 Å². The predicted octanol–water partition coefficient (Wildman–Crippen LogP) is 2.10. The average molecular weight is 376 g/mol. The van der Waals surface area contributed by atoms with Crippen LogP contribution >= 0.6 is 11.6 Å². The van der Waals surface area contributed by atoms with Crippen molar-refractivity contribution in [2.45, 2.75) is 4.90 Å². The van der Waals surface area contributed by atoms with Crippen LogP contribution in [0.25, 0.3) is 0 Å². The van der Waals surface area contributed by atoms with E-state index in [9.17, 15) is 16.8 Å². The SMILES string of the molecule is CS(=O)(=O)Nc1ccc(S(N)(=O)=O)cc1Nc1ccc(Cl)cc1. The third-order valence-corrected chi connectivity index (χ3v) is 4.49. The molecule has 2 aromatic carbocycles. The Hall–Kier alpha value is -1.81. The van der Waals surface area contributed by atoms with Gasteiger partial charge in [0, 0.05) is 10.7 Å². The molecule has 0 bridgehead atoms. The predicted molar refractivity (Wildman–Crippen MR) is 91.0 cm³/mol. The van der Waals surface area contributed by atoms with E-state index in [-0.39, 0.29) is 16.3 Å². The third-order valence-electron chi connectivity index (χ3n) is 2.74. The summed E-state index contributed by atoms with van der Waals surface area (Å²) in [4.78, 5) is -0.145. The van der Waals surface area contributed by atoms with Crippen LogP contribution in [-0.4, -0.2) is 23.1 Å². The Bertz CT molecular complexity index is 926. The molecular weight excluding hydrogens is 362 g/mol. The maximum atomic E-state index is 11.5. The van der Waals surface area contributed by atoms with Gasteiger partial charge in [0.05, 0.1) is 22.5 Å². The number of benzene rings is 2. The minimum Gasteiger partial charge on any atom is -0.354 e. The first-order valence-corrected chi connectivity index (χ1v) is 10.0. The molecule has 10 heteroatoms. The molecule has 0 heterocycles. The molecule has 23 heavy (non-hydrogen) atoms. The summed E-state index contributed by atoms with van der Waals surface area (Å²) in [5.41, 5.74) is 1.02. The fraction of sp³-hybridized carbons (Fsp3) is 0.0769. The van der Waals surface area contributed by atoms with Gasteiger partial charge < -0.3 is 5.32 Å². The molecule has 0 radical (unpaired) electrons. The zero-order valence-electron chi connectivity index (χ0n) is 11.9. The number of sulfonamides is 2. The Morgan fingerprint density at radius 3 is 2.09 bits per heavy atom. The van der Waals surface area contributed by atoms with Crippen molar-refractivity contribution in [3.05, 3.63) is 47.5 Å². The van der Waals surface area contributed by atoms with Gasteiger partial charge in [-0.05, 0) is 42.5 Å². The Morgan fingerprint density at radius 1 is 0.957 bits per heavy atom. The van der Waals surface area contributed by atoms with Crippen LogP contribution in [0.1, 0.15) is 0 Å². The molecule has 2 rings (SSSR count). The molecule has 4 N–H and O–H groups in total. The smallest absolute Gasteiger partial charge is 0.238 e. The summed E-state index contributed by atoms with van der Waals surface area (Å²) in [6, 6.07) is 10.4. The number of hydrogen-bond acceptors (Lipinski definition) is 5. The Kier molecular flexibility index (Phi) is 4.85. The van der Waals surface area contributed by atoms with Crippen LogP contribution in [0, 0.1) is 0 Å². The summed E-state index contributed by atoms with van der Waals surface area (Å²) in [6.45, 7) is 0. The largest absolute Gasteiger partial charge is 0.354 e. The topological polar surface area (TPSA) is 118 Å². The van der Waals surface area contributed by atoms with E-state index < -0.39 is 20.0 Å². The maximum Gasteiger partial charge on any atom is 0.238 e. The Labute approximate surface area is 139 Å². The van der Waals surface area contributed by atoms with Crippen LogP contribution in [0.2, 0.25) is 5.02 Å². The first-order valence-electron chi connectivity index (χ1n) is 6.22. The van der Waals surface area contributed by atoms with Gasteiger partial charge >= 0.3 is 0 Å². The minimum absolute atomic E-state index is 0.145. The van der Waals surface area contributed by atoms with Crippen LogP contribution in [0.3, 0.4) is 0 Å². The molecule has 0 unspecified atom stereocenters. The van der Waals surface area contributed by atoms with E-state index in [0.717, 1.165) is 6.26 Å².